The number of carbonyl (C=O) groups is 3. The molecule has 0 spiro atoms. The van der Waals surface area contributed by atoms with E-state index >= 15 is 0 Å². The van der Waals surface area contributed by atoms with E-state index in [2.05, 4.69) is 4.98 Å². The molecule has 1 aromatic carbocycles. The summed E-state index contributed by atoms with van der Waals surface area (Å²) in [6.45, 7) is 2.87. The first kappa shape index (κ1) is 17.3. The topological polar surface area (TPSA) is 93.0 Å². The molecule has 27 heavy (non-hydrogen) atoms. The lowest BCUT2D eigenvalue weighted by molar-refractivity contribution is -0.121. The molecule has 1 fully saturated rings. The Kier molecular flexibility index (Phi) is 4.39. The van der Waals surface area contributed by atoms with Crippen molar-refractivity contribution in [3.63, 3.8) is 0 Å². The van der Waals surface area contributed by atoms with Gasteiger partial charge in [0.25, 0.3) is 11.8 Å². The summed E-state index contributed by atoms with van der Waals surface area (Å²) in [5.41, 5.74) is 1.21. The summed E-state index contributed by atoms with van der Waals surface area (Å²) >= 11 is 0. The van der Waals surface area contributed by atoms with Gasteiger partial charge in [-0.05, 0) is 38.0 Å². The van der Waals surface area contributed by atoms with Crippen molar-refractivity contribution in [1.29, 1.82) is 0 Å². The predicted octanol–water partition coefficient (Wildman–Crippen LogP) is 2.04. The van der Waals surface area contributed by atoms with Crippen LogP contribution < -0.4 is 9.64 Å². The van der Waals surface area contributed by atoms with Crippen molar-refractivity contribution < 1.29 is 23.5 Å². The molecule has 2 amide bonds. The first-order chi connectivity index (χ1) is 13.0. The van der Waals surface area contributed by atoms with Crippen LogP contribution in [0.4, 0.5) is 5.69 Å². The lowest BCUT2D eigenvalue weighted by Crippen LogP contribution is -2.38. The van der Waals surface area contributed by atoms with Crippen LogP contribution in [0, 0.1) is 0 Å². The van der Waals surface area contributed by atoms with Gasteiger partial charge in [-0.15, -0.1) is 0 Å². The van der Waals surface area contributed by atoms with Crippen molar-refractivity contribution in [2.24, 2.45) is 0 Å². The molecule has 4 rings (SSSR count). The standard InChI is InChI=1S/C19H19N3O5/c1-12(23)13-4-5-16-15(8-13)22(18(24)11-26-16)9-17-20-14(10-27-17)19(25)21-6-2-3-7-21/h4-5,8,10H,2-3,6-7,9,11H2,1H3. The molecule has 0 radical (unpaired) electrons. The fraction of sp³-hybridized carbons (Fsp3) is 0.368. The molecular weight excluding hydrogens is 350 g/mol. The Hall–Kier alpha value is -3.16. The van der Waals surface area contributed by atoms with Gasteiger partial charge in [0.1, 0.15) is 18.6 Å². The molecule has 0 aliphatic carbocycles. The van der Waals surface area contributed by atoms with E-state index in [-0.39, 0.29) is 42.3 Å². The normalized spacial score (nSPS) is 16.3. The van der Waals surface area contributed by atoms with Gasteiger partial charge in [0.15, 0.2) is 18.1 Å². The van der Waals surface area contributed by atoms with Crippen LogP contribution in [-0.2, 0) is 11.3 Å². The van der Waals surface area contributed by atoms with Gasteiger partial charge in [0, 0.05) is 18.7 Å². The van der Waals surface area contributed by atoms with E-state index in [0.717, 1.165) is 25.9 Å². The number of rotatable bonds is 4. The number of hydrogen-bond donors (Lipinski definition) is 0. The number of ketones is 1. The monoisotopic (exact) mass is 369 g/mol. The van der Waals surface area contributed by atoms with Crippen LogP contribution in [0.15, 0.2) is 28.9 Å². The van der Waals surface area contributed by atoms with Crippen LogP contribution >= 0.6 is 0 Å². The molecular formula is C19H19N3O5. The van der Waals surface area contributed by atoms with Crippen molar-refractivity contribution in [3.8, 4) is 5.75 Å². The summed E-state index contributed by atoms with van der Waals surface area (Å²) in [6, 6.07) is 4.95. The van der Waals surface area contributed by atoms with Crippen molar-refractivity contribution >= 4 is 23.3 Å². The van der Waals surface area contributed by atoms with Gasteiger partial charge in [-0.1, -0.05) is 0 Å². The Labute approximate surface area is 155 Å². The number of amides is 2. The number of nitrogens with zero attached hydrogens (tertiary/aromatic N) is 3. The maximum Gasteiger partial charge on any atom is 0.275 e. The van der Waals surface area contributed by atoms with Crippen molar-refractivity contribution in [1.82, 2.24) is 9.88 Å². The molecule has 0 unspecified atom stereocenters. The minimum atomic E-state index is -0.270. The molecule has 140 valence electrons. The maximum absolute atomic E-state index is 12.4. The third kappa shape index (κ3) is 3.30. The van der Waals surface area contributed by atoms with Crippen molar-refractivity contribution in [3.05, 3.63) is 41.6 Å². The van der Waals surface area contributed by atoms with Crippen LogP contribution in [0.3, 0.4) is 0 Å². The molecule has 1 saturated heterocycles. The molecule has 0 N–H and O–H groups in total. The largest absolute Gasteiger partial charge is 0.482 e. The Morgan fingerprint density at radius 2 is 2.00 bits per heavy atom. The van der Waals surface area contributed by atoms with E-state index in [4.69, 9.17) is 9.15 Å². The second kappa shape index (κ2) is 6.86. The molecule has 0 bridgehead atoms. The lowest BCUT2D eigenvalue weighted by Gasteiger charge is -2.28. The van der Waals surface area contributed by atoms with E-state index in [1.54, 1.807) is 23.1 Å². The van der Waals surface area contributed by atoms with E-state index in [1.165, 1.54) is 18.1 Å². The third-order valence-electron chi connectivity index (χ3n) is 4.77. The summed E-state index contributed by atoms with van der Waals surface area (Å²) in [5.74, 6) is 0.237. The van der Waals surface area contributed by atoms with Crippen molar-refractivity contribution in [2.45, 2.75) is 26.3 Å². The van der Waals surface area contributed by atoms with E-state index in [9.17, 15) is 14.4 Å². The molecule has 2 aliphatic rings. The van der Waals surface area contributed by atoms with E-state index in [0.29, 0.717) is 17.0 Å². The minimum Gasteiger partial charge on any atom is -0.482 e. The van der Waals surface area contributed by atoms with Crippen molar-refractivity contribution in [2.75, 3.05) is 24.6 Å². The van der Waals surface area contributed by atoms with Gasteiger partial charge in [-0.3, -0.25) is 19.3 Å². The molecule has 1 aromatic heterocycles. The minimum absolute atomic E-state index is 0.0594. The van der Waals surface area contributed by atoms with Gasteiger partial charge >= 0.3 is 0 Å². The zero-order valence-electron chi connectivity index (χ0n) is 14.9. The summed E-state index contributed by atoms with van der Waals surface area (Å²) < 4.78 is 10.9. The highest BCUT2D eigenvalue weighted by molar-refractivity contribution is 6.01. The molecule has 2 aromatic rings. The Morgan fingerprint density at radius 3 is 2.74 bits per heavy atom. The third-order valence-corrected chi connectivity index (χ3v) is 4.77. The lowest BCUT2D eigenvalue weighted by atomic mass is 10.1. The predicted molar refractivity (Wildman–Crippen MR) is 94.8 cm³/mol. The highest BCUT2D eigenvalue weighted by atomic mass is 16.5. The van der Waals surface area contributed by atoms with Crippen LogP contribution in [-0.4, -0.2) is 47.2 Å². The summed E-state index contributed by atoms with van der Waals surface area (Å²) in [5, 5.41) is 0. The van der Waals surface area contributed by atoms with E-state index < -0.39 is 0 Å². The Morgan fingerprint density at radius 1 is 1.22 bits per heavy atom. The quantitative estimate of drug-likeness (QED) is 0.766. The van der Waals surface area contributed by atoms with Crippen LogP contribution in [0.1, 0.15) is 46.5 Å². The summed E-state index contributed by atoms with van der Waals surface area (Å²) in [7, 11) is 0. The van der Waals surface area contributed by atoms with Gasteiger partial charge in [0.05, 0.1) is 5.69 Å². The second-order valence-electron chi connectivity index (χ2n) is 6.63. The number of anilines is 1. The summed E-state index contributed by atoms with van der Waals surface area (Å²) in [6.07, 6.45) is 3.32. The maximum atomic E-state index is 12.4. The van der Waals surface area contributed by atoms with Crippen LogP contribution in [0.5, 0.6) is 5.75 Å². The number of ether oxygens (including phenoxy) is 1. The Balaban J connectivity index is 1.58. The fourth-order valence-corrected chi connectivity index (χ4v) is 3.29. The number of Topliss-reactive ketones (excluding diaryl/α,β-unsaturated/α-hetero) is 1. The zero-order valence-corrected chi connectivity index (χ0v) is 14.9. The smallest absolute Gasteiger partial charge is 0.275 e. The molecule has 0 atom stereocenters. The zero-order chi connectivity index (χ0) is 19.0. The van der Waals surface area contributed by atoms with Crippen LogP contribution in [0.2, 0.25) is 0 Å². The number of likely N-dealkylation sites (tertiary alicyclic amines) is 1. The molecule has 0 saturated carbocycles. The first-order valence-electron chi connectivity index (χ1n) is 8.85. The molecule has 3 heterocycles. The molecule has 8 heteroatoms. The number of carbonyl (C=O) groups excluding carboxylic acids is 3. The average molecular weight is 369 g/mol. The molecule has 8 nitrogen and oxygen atoms in total. The number of oxazole rings is 1. The number of benzene rings is 1. The van der Waals surface area contributed by atoms with Gasteiger partial charge in [0.2, 0.25) is 5.89 Å². The highest BCUT2D eigenvalue weighted by Crippen LogP contribution is 2.34. The second-order valence-corrected chi connectivity index (χ2v) is 6.63. The summed E-state index contributed by atoms with van der Waals surface area (Å²) in [4.78, 5) is 43.9. The number of fused-ring (bicyclic) bond motifs is 1. The average Bonchev–Trinajstić information content (AvgIpc) is 3.35. The highest BCUT2D eigenvalue weighted by Gasteiger charge is 2.29. The first-order valence-corrected chi connectivity index (χ1v) is 8.85. The number of aromatic nitrogens is 1. The van der Waals surface area contributed by atoms with Crippen LogP contribution in [0.25, 0.3) is 0 Å². The fourth-order valence-electron chi connectivity index (χ4n) is 3.29. The van der Waals surface area contributed by atoms with Gasteiger partial charge < -0.3 is 14.1 Å². The molecule has 2 aliphatic heterocycles. The van der Waals surface area contributed by atoms with E-state index in [1.807, 2.05) is 0 Å². The van der Waals surface area contributed by atoms with Gasteiger partial charge in [-0.2, -0.15) is 0 Å². The number of hydrogen-bond acceptors (Lipinski definition) is 6. The SMILES string of the molecule is CC(=O)c1ccc2c(c1)N(Cc1nc(C(=O)N3CCCC3)co1)C(=O)CO2. The Bertz CT molecular complexity index is 914. The van der Waals surface area contributed by atoms with Gasteiger partial charge in [-0.25, -0.2) is 4.98 Å².